The minimum absolute atomic E-state index is 0.148. The van der Waals surface area contributed by atoms with Crippen molar-refractivity contribution in [2.45, 2.75) is 26.6 Å². The predicted molar refractivity (Wildman–Crippen MR) is 98.6 cm³/mol. The maximum Gasteiger partial charge on any atom is 0.227 e. The number of likely N-dealkylation sites (tertiary alicyclic amines) is 2. The van der Waals surface area contributed by atoms with Crippen molar-refractivity contribution in [3.05, 3.63) is 47.8 Å². The Labute approximate surface area is 154 Å². The van der Waals surface area contributed by atoms with Crippen LogP contribution in [0.4, 0.5) is 0 Å². The maximum absolute atomic E-state index is 12.8. The number of carbonyl (C=O) groups excluding carboxylic acids is 1. The zero-order chi connectivity index (χ0) is 18.1. The Morgan fingerprint density at radius 1 is 1.12 bits per heavy atom. The number of aromatic nitrogens is 2. The molecule has 4 rings (SSSR count). The normalized spacial score (nSPS) is 22.8. The van der Waals surface area contributed by atoms with Gasteiger partial charge in [0.05, 0.1) is 19.2 Å². The van der Waals surface area contributed by atoms with E-state index in [1.165, 1.54) is 5.56 Å². The molecular weight excluding hydrogens is 328 g/mol. The fourth-order valence-corrected chi connectivity index (χ4v) is 4.18. The van der Waals surface area contributed by atoms with Gasteiger partial charge in [-0.1, -0.05) is 12.1 Å². The van der Waals surface area contributed by atoms with Crippen LogP contribution in [0.25, 0.3) is 0 Å². The molecule has 2 saturated heterocycles. The van der Waals surface area contributed by atoms with Crippen LogP contribution in [-0.4, -0.2) is 52.2 Å². The number of fused-ring (bicyclic) bond motifs is 1. The third-order valence-electron chi connectivity index (χ3n) is 5.55. The number of carbonyl (C=O) groups is 1. The Kier molecular flexibility index (Phi) is 4.68. The lowest BCUT2D eigenvalue weighted by Gasteiger charge is -2.21. The molecule has 3 heterocycles. The van der Waals surface area contributed by atoms with E-state index in [2.05, 4.69) is 23.1 Å². The molecule has 2 aromatic rings. The summed E-state index contributed by atoms with van der Waals surface area (Å²) in [5.41, 5.74) is 2.39. The molecule has 138 valence electrons. The Balaban J connectivity index is 1.34. The van der Waals surface area contributed by atoms with Crippen LogP contribution in [-0.2, 0) is 24.4 Å². The first kappa shape index (κ1) is 17.1. The van der Waals surface area contributed by atoms with E-state index in [0.717, 1.165) is 44.0 Å². The molecule has 0 aliphatic carbocycles. The molecule has 2 atom stereocenters. The third-order valence-corrected chi connectivity index (χ3v) is 5.55. The van der Waals surface area contributed by atoms with E-state index < -0.39 is 0 Å². The minimum atomic E-state index is 0.148. The van der Waals surface area contributed by atoms with Gasteiger partial charge in [0.1, 0.15) is 5.75 Å². The first-order chi connectivity index (χ1) is 12.7. The zero-order valence-corrected chi connectivity index (χ0v) is 15.5. The van der Waals surface area contributed by atoms with E-state index >= 15 is 0 Å². The molecule has 2 aliphatic rings. The molecule has 0 bridgehead atoms. The number of methoxy groups -OCH3 is 1. The predicted octanol–water partition coefficient (Wildman–Crippen LogP) is 2.00. The van der Waals surface area contributed by atoms with Crippen molar-refractivity contribution in [3.8, 4) is 5.75 Å². The standard InChI is InChI=1S/C20H26N4O2/c1-3-24-11-16(8-21-24)9-22-12-17-13-23(20(25)19(17)14-22)10-15-4-6-18(26-2)7-5-15/h4-8,11,17,19H,3,9-10,12-14H2,1-2H3/t17-,19-/m0/s1. The summed E-state index contributed by atoms with van der Waals surface area (Å²) >= 11 is 0. The molecule has 0 saturated carbocycles. The van der Waals surface area contributed by atoms with Gasteiger partial charge in [-0.3, -0.25) is 14.4 Å². The molecular formula is C20H26N4O2. The fraction of sp³-hybridized carbons (Fsp3) is 0.500. The molecule has 6 nitrogen and oxygen atoms in total. The second-order valence-corrected chi connectivity index (χ2v) is 7.33. The van der Waals surface area contributed by atoms with Crippen LogP contribution < -0.4 is 4.74 Å². The van der Waals surface area contributed by atoms with Crippen molar-refractivity contribution in [2.24, 2.45) is 11.8 Å². The molecule has 6 heteroatoms. The molecule has 2 fully saturated rings. The Bertz CT molecular complexity index is 770. The second kappa shape index (κ2) is 7.11. The van der Waals surface area contributed by atoms with E-state index in [1.54, 1.807) is 7.11 Å². The van der Waals surface area contributed by atoms with Gasteiger partial charge in [0.2, 0.25) is 5.91 Å². The Hall–Kier alpha value is -2.34. The van der Waals surface area contributed by atoms with Gasteiger partial charge in [-0.15, -0.1) is 0 Å². The summed E-state index contributed by atoms with van der Waals surface area (Å²) in [4.78, 5) is 17.2. The number of nitrogens with zero attached hydrogens (tertiary/aromatic N) is 4. The van der Waals surface area contributed by atoms with Gasteiger partial charge in [-0.25, -0.2) is 0 Å². The third kappa shape index (κ3) is 3.33. The van der Waals surface area contributed by atoms with E-state index in [9.17, 15) is 4.79 Å². The Morgan fingerprint density at radius 2 is 1.92 bits per heavy atom. The van der Waals surface area contributed by atoms with Crippen LogP contribution >= 0.6 is 0 Å². The first-order valence-corrected chi connectivity index (χ1v) is 9.31. The average molecular weight is 354 g/mol. The highest BCUT2D eigenvalue weighted by molar-refractivity contribution is 5.82. The molecule has 1 aromatic carbocycles. The van der Waals surface area contributed by atoms with Gasteiger partial charge < -0.3 is 9.64 Å². The van der Waals surface area contributed by atoms with Crippen LogP contribution in [0.2, 0.25) is 0 Å². The Morgan fingerprint density at radius 3 is 2.58 bits per heavy atom. The average Bonchev–Trinajstić information content (AvgIpc) is 3.34. The number of rotatable bonds is 6. The van der Waals surface area contributed by atoms with Crippen LogP contribution in [0, 0.1) is 11.8 Å². The summed E-state index contributed by atoms with van der Waals surface area (Å²) in [6.45, 7) is 7.28. The molecule has 0 unspecified atom stereocenters. The number of hydrogen-bond donors (Lipinski definition) is 0. The summed E-state index contributed by atoms with van der Waals surface area (Å²) in [7, 11) is 1.67. The van der Waals surface area contributed by atoms with Gasteiger partial charge in [0.15, 0.2) is 0 Å². The minimum Gasteiger partial charge on any atom is -0.497 e. The van der Waals surface area contributed by atoms with Crippen molar-refractivity contribution >= 4 is 5.91 Å². The topological polar surface area (TPSA) is 50.6 Å². The summed E-state index contributed by atoms with van der Waals surface area (Å²) in [5.74, 6) is 1.74. The van der Waals surface area contributed by atoms with E-state index in [4.69, 9.17) is 4.74 Å². The highest BCUT2D eigenvalue weighted by Crippen LogP contribution is 2.33. The lowest BCUT2D eigenvalue weighted by Crippen LogP contribution is -2.32. The van der Waals surface area contributed by atoms with E-state index in [-0.39, 0.29) is 5.92 Å². The number of benzene rings is 1. The molecule has 26 heavy (non-hydrogen) atoms. The number of hydrogen-bond acceptors (Lipinski definition) is 4. The van der Waals surface area contributed by atoms with Gasteiger partial charge in [-0.05, 0) is 24.6 Å². The molecule has 1 aromatic heterocycles. The fourth-order valence-electron chi connectivity index (χ4n) is 4.18. The summed E-state index contributed by atoms with van der Waals surface area (Å²) in [5, 5.41) is 4.34. The first-order valence-electron chi connectivity index (χ1n) is 9.31. The molecule has 2 aliphatic heterocycles. The van der Waals surface area contributed by atoms with Crippen molar-refractivity contribution in [1.29, 1.82) is 0 Å². The smallest absolute Gasteiger partial charge is 0.227 e. The SMILES string of the molecule is CCn1cc(CN2C[C@H]3CN(Cc4ccc(OC)cc4)C(=O)[C@H]3C2)cn1. The summed E-state index contributed by atoms with van der Waals surface area (Å²) in [6, 6.07) is 7.99. The van der Waals surface area contributed by atoms with Crippen LogP contribution in [0.15, 0.2) is 36.7 Å². The largest absolute Gasteiger partial charge is 0.497 e. The van der Waals surface area contributed by atoms with Gasteiger partial charge in [0.25, 0.3) is 0 Å². The lowest BCUT2D eigenvalue weighted by molar-refractivity contribution is -0.131. The van der Waals surface area contributed by atoms with Crippen molar-refractivity contribution in [3.63, 3.8) is 0 Å². The van der Waals surface area contributed by atoms with Gasteiger partial charge >= 0.3 is 0 Å². The van der Waals surface area contributed by atoms with Crippen LogP contribution in [0.3, 0.4) is 0 Å². The van der Waals surface area contributed by atoms with E-state index in [0.29, 0.717) is 18.4 Å². The summed E-state index contributed by atoms with van der Waals surface area (Å²) in [6.07, 6.45) is 4.04. The second-order valence-electron chi connectivity index (χ2n) is 7.33. The number of ether oxygens (including phenoxy) is 1. The summed E-state index contributed by atoms with van der Waals surface area (Å²) < 4.78 is 7.15. The van der Waals surface area contributed by atoms with Crippen molar-refractivity contribution < 1.29 is 9.53 Å². The van der Waals surface area contributed by atoms with Gasteiger partial charge in [0, 0.05) is 56.9 Å². The number of amides is 1. The monoisotopic (exact) mass is 354 g/mol. The molecule has 0 N–H and O–H groups in total. The maximum atomic E-state index is 12.8. The van der Waals surface area contributed by atoms with Crippen LogP contribution in [0.1, 0.15) is 18.1 Å². The van der Waals surface area contributed by atoms with Crippen molar-refractivity contribution in [1.82, 2.24) is 19.6 Å². The zero-order valence-electron chi connectivity index (χ0n) is 15.5. The van der Waals surface area contributed by atoms with Crippen molar-refractivity contribution in [2.75, 3.05) is 26.7 Å². The molecule has 0 radical (unpaired) electrons. The quantitative estimate of drug-likeness (QED) is 0.796. The highest BCUT2D eigenvalue weighted by Gasteiger charge is 2.45. The number of aryl methyl sites for hydroxylation is 1. The van der Waals surface area contributed by atoms with E-state index in [1.807, 2.05) is 40.0 Å². The highest BCUT2D eigenvalue weighted by atomic mass is 16.5. The van der Waals surface area contributed by atoms with Gasteiger partial charge in [-0.2, -0.15) is 5.10 Å². The van der Waals surface area contributed by atoms with Crippen LogP contribution in [0.5, 0.6) is 5.75 Å². The molecule has 1 amide bonds. The lowest BCUT2D eigenvalue weighted by atomic mass is 10.0. The molecule has 0 spiro atoms.